The van der Waals surface area contributed by atoms with Crippen molar-refractivity contribution in [1.29, 1.82) is 0 Å². The number of hydrogen-bond acceptors (Lipinski definition) is 5. The van der Waals surface area contributed by atoms with Gasteiger partial charge in [-0.15, -0.1) is 0 Å². The lowest BCUT2D eigenvalue weighted by atomic mass is 10.1. The van der Waals surface area contributed by atoms with Gasteiger partial charge in [0.1, 0.15) is 11.4 Å². The van der Waals surface area contributed by atoms with E-state index < -0.39 is 16.1 Å². The number of rotatable bonds is 2. The summed E-state index contributed by atoms with van der Waals surface area (Å²) in [7, 11) is -3.65. The average molecular weight is 379 g/mol. The molecule has 3 aliphatic heterocycles. The van der Waals surface area contributed by atoms with Crippen LogP contribution >= 0.6 is 0 Å². The second-order valence-electron chi connectivity index (χ2n) is 7.49. The summed E-state index contributed by atoms with van der Waals surface area (Å²) in [5.41, 5.74) is 2.10. The molecule has 0 radical (unpaired) electrons. The van der Waals surface area contributed by atoms with Gasteiger partial charge in [-0.25, -0.2) is 13.2 Å². The van der Waals surface area contributed by atoms with E-state index >= 15 is 0 Å². The fraction of sp³-hybridized carbons (Fsp3) is 0.471. The topological polar surface area (TPSA) is 99.2 Å². The monoisotopic (exact) mass is 379 g/mol. The van der Waals surface area contributed by atoms with Gasteiger partial charge in [-0.05, 0) is 43.2 Å². The zero-order valence-electron chi connectivity index (χ0n) is 14.7. The molecule has 0 atom stereocenters. The Kier molecular flexibility index (Phi) is 3.71. The summed E-state index contributed by atoms with van der Waals surface area (Å²) in [6, 6.07) is 4.84. The molecule has 8 nitrogen and oxygen atoms in total. The van der Waals surface area contributed by atoms with Gasteiger partial charge in [0.25, 0.3) is 0 Å². The van der Waals surface area contributed by atoms with Gasteiger partial charge >= 0.3 is 6.09 Å². The third-order valence-corrected chi connectivity index (χ3v) is 6.74. The van der Waals surface area contributed by atoms with E-state index in [0.29, 0.717) is 18.0 Å². The van der Waals surface area contributed by atoms with E-state index in [9.17, 15) is 13.2 Å². The van der Waals surface area contributed by atoms with Crippen LogP contribution in [0.25, 0.3) is 0 Å². The first kappa shape index (κ1) is 17.2. The van der Waals surface area contributed by atoms with Crippen LogP contribution in [0.3, 0.4) is 0 Å². The Morgan fingerprint density at radius 2 is 1.85 bits per heavy atom. The summed E-state index contributed by atoms with van der Waals surface area (Å²) >= 11 is 0. The molecule has 0 saturated heterocycles. The van der Waals surface area contributed by atoms with Gasteiger partial charge in [-0.1, -0.05) is 0 Å². The van der Waals surface area contributed by atoms with Crippen molar-refractivity contribution in [3.63, 3.8) is 0 Å². The third-order valence-electron chi connectivity index (χ3n) is 4.95. The minimum atomic E-state index is -3.65. The number of carbonyl (C=O) groups is 1. The maximum atomic E-state index is 13.0. The molecule has 0 saturated carbocycles. The van der Waals surface area contributed by atoms with Crippen molar-refractivity contribution in [3.05, 3.63) is 29.3 Å². The van der Waals surface area contributed by atoms with Crippen LogP contribution in [-0.2, 0) is 10.0 Å². The largest absolute Gasteiger partial charge is 0.484 e. The van der Waals surface area contributed by atoms with E-state index in [1.54, 1.807) is 18.2 Å². The van der Waals surface area contributed by atoms with Crippen molar-refractivity contribution in [2.24, 2.45) is 0 Å². The van der Waals surface area contributed by atoms with Crippen LogP contribution in [0.1, 0.15) is 13.8 Å². The lowest BCUT2D eigenvalue weighted by Gasteiger charge is -2.33. The number of hydrogen-bond donors (Lipinski definition) is 2. The predicted molar refractivity (Wildman–Crippen MR) is 95.0 cm³/mol. The quantitative estimate of drug-likeness (QED) is 0.757. The molecule has 0 spiro atoms. The highest BCUT2D eigenvalue weighted by Gasteiger charge is 2.38. The molecule has 2 N–H and O–H groups in total. The molecule has 3 heterocycles. The number of anilines is 1. The van der Waals surface area contributed by atoms with Crippen LogP contribution in [-0.4, -0.2) is 67.1 Å². The van der Waals surface area contributed by atoms with Crippen molar-refractivity contribution in [2.75, 3.05) is 38.0 Å². The zero-order valence-corrected chi connectivity index (χ0v) is 15.5. The lowest BCUT2D eigenvalue weighted by molar-refractivity contribution is 0.116. The fourth-order valence-electron chi connectivity index (χ4n) is 3.54. The van der Waals surface area contributed by atoms with Crippen LogP contribution < -0.4 is 10.1 Å². The minimum absolute atomic E-state index is 0.211. The molecule has 0 aliphatic carbocycles. The molecule has 1 aromatic rings. The summed E-state index contributed by atoms with van der Waals surface area (Å²) < 4.78 is 33.3. The molecule has 0 aromatic heterocycles. The van der Waals surface area contributed by atoms with Crippen molar-refractivity contribution >= 4 is 21.8 Å². The smallest absolute Gasteiger partial charge is 0.407 e. The third kappa shape index (κ3) is 2.80. The second kappa shape index (κ2) is 5.62. The molecule has 9 heteroatoms. The first-order valence-electron chi connectivity index (χ1n) is 8.40. The van der Waals surface area contributed by atoms with E-state index in [2.05, 4.69) is 5.32 Å². The minimum Gasteiger partial charge on any atom is -0.484 e. The maximum absolute atomic E-state index is 13.0. The Balaban J connectivity index is 1.53. The molecule has 3 aliphatic rings. The van der Waals surface area contributed by atoms with E-state index in [-0.39, 0.29) is 36.7 Å². The van der Waals surface area contributed by atoms with Gasteiger partial charge in [0.15, 0.2) is 0 Å². The molecular weight excluding hydrogens is 358 g/mol. The number of nitrogens with zero attached hydrogens (tertiary/aromatic N) is 2. The second-order valence-corrected chi connectivity index (χ2v) is 9.43. The summed E-state index contributed by atoms with van der Waals surface area (Å²) in [5.74, 6) is 0.638. The Bertz CT molecular complexity index is 904. The number of carboxylic acid groups (broad SMARTS) is 1. The number of ether oxygens (including phenoxy) is 1. The van der Waals surface area contributed by atoms with Crippen LogP contribution in [0.2, 0.25) is 0 Å². The summed E-state index contributed by atoms with van der Waals surface area (Å²) in [5, 5.41) is 12.3. The van der Waals surface area contributed by atoms with E-state index in [1.807, 2.05) is 13.8 Å². The van der Waals surface area contributed by atoms with Gasteiger partial charge in [0.05, 0.1) is 17.1 Å². The lowest BCUT2D eigenvalue weighted by Crippen LogP contribution is -2.40. The van der Waals surface area contributed by atoms with Gasteiger partial charge in [-0.2, -0.15) is 4.31 Å². The van der Waals surface area contributed by atoms with Crippen LogP contribution in [0.5, 0.6) is 5.75 Å². The SMILES string of the molecule is CC1(C)CNc2cc(S(=O)(=O)N3CC4=C(CN(C(=O)O)C4)C3)ccc2O1. The first-order valence-corrected chi connectivity index (χ1v) is 9.84. The number of fused-ring (bicyclic) bond motifs is 1. The van der Waals surface area contributed by atoms with Crippen LogP contribution in [0.15, 0.2) is 34.2 Å². The fourth-order valence-corrected chi connectivity index (χ4v) is 4.99. The number of benzene rings is 1. The number of sulfonamides is 1. The molecule has 0 unspecified atom stereocenters. The standard InChI is InChI=1S/C17H21N3O5S/c1-17(2)10-18-14-5-13(3-4-15(14)25-17)26(23,24)20-8-11-6-19(16(21)22)7-12(11)9-20/h3-5,18H,6-10H2,1-2H3,(H,21,22). The van der Waals surface area contributed by atoms with Crippen molar-refractivity contribution in [3.8, 4) is 5.75 Å². The van der Waals surface area contributed by atoms with Gasteiger partial charge < -0.3 is 20.1 Å². The van der Waals surface area contributed by atoms with Crippen LogP contribution in [0.4, 0.5) is 10.5 Å². The summed E-state index contributed by atoms with van der Waals surface area (Å²) in [6.45, 7) is 5.58. The van der Waals surface area contributed by atoms with Gasteiger partial charge in [0.2, 0.25) is 10.0 Å². The Labute approximate surface area is 152 Å². The Morgan fingerprint density at radius 1 is 1.19 bits per heavy atom. The Morgan fingerprint density at radius 3 is 2.46 bits per heavy atom. The van der Waals surface area contributed by atoms with E-state index in [4.69, 9.17) is 9.84 Å². The molecule has 26 heavy (non-hydrogen) atoms. The summed E-state index contributed by atoms with van der Waals surface area (Å²) in [4.78, 5) is 12.6. The highest BCUT2D eigenvalue weighted by atomic mass is 32.2. The molecule has 0 bridgehead atoms. The van der Waals surface area contributed by atoms with Crippen molar-refractivity contribution < 1.29 is 23.1 Å². The number of amides is 1. The maximum Gasteiger partial charge on any atom is 0.407 e. The normalized spacial score (nSPS) is 21.8. The van der Waals surface area contributed by atoms with E-state index in [0.717, 1.165) is 11.1 Å². The molecule has 140 valence electrons. The first-order chi connectivity index (χ1) is 12.2. The molecule has 1 amide bonds. The highest BCUT2D eigenvalue weighted by Crippen LogP contribution is 2.36. The van der Waals surface area contributed by atoms with Crippen molar-refractivity contribution in [2.45, 2.75) is 24.3 Å². The molecule has 1 aromatic carbocycles. The molecule has 0 fully saturated rings. The van der Waals surface area contributed by atoms with Crippen LogP contribution in [0, 0.1) is 0 Å². The molecular formula is C17H21N3O5S. The van der Waals surface area contributed by atoms with Crippen molar-refractivity contribution in [1.82, 2.24) is 9.21 Å². The van der Waals surface area contributed by atoms with Gasteiger partial charge in [-0.3, -0.25) is 0 Å². The van der Waals surface area contributed by atoms with Gasteiger partial charge in [0, 0.05) is 26.2 Å². The Hall–Kier alpha value is -2.26. The average Bonchev–Trinajstić information content (AvgIpc) is 3.12. The number of nitrogens with one attached hydrogen (secondary N) is 1. The zero-order chi connectivity index (χ0) is 18.7. The summed E-state index contributed by atoms with van der Waals surface area (Å²) in [6.07, 6.45) is -0.975. The molecule has 4 rings (SSSR count). The predicted octanol–water partition coefficient (Wildman–Crippen LogP) is 1.56. The van der Waals surface area contributed by atoms with E-state index in [1.165, 1.54) is 9.21 Å². The highest BCUT2D eigenvalue weighted by molar-refractivity contribution is 7.89.